The van der Waals surface area contributed by atoms with Crippen LogP contribution in [0.5, 0.6) is 0 Å². The predicted octanol–water partition coefficient (Wildman–Crippen LogP) is 3.83. The number of allylic oxidation sites excluding steroid dienone is 2. The second-order valence-corrected chi connectivity index (χ2v) is 9.91. The standard InChI is InChI=1S/C22H27F3N2O4/c1-20(9-13-2-3-16(22(23,24)25)8-17(13)31-20)15-4-6-27(7-5-15)18(28)14-10-21(11-14)12-30-19(29)26-21/h8,14-15H,2-7,9-12H2,1H3,(H,26,29)/t14-,20?,21+. The minimum Gasteiger partial charge on any atom is -0.487 e. The lowest BCUT2D eigenvalue weighted by molar-refractivity contribution is -0.144. The van der Waals surface area contributed by atoms with Crippen LogP contribution in [-0.4, -0.2) is 53.9 Å². The third kappa shape index (κ3) is 3.59. The number of likely N-dealkylation sites (tertiary alicyclic amines) is 1. The van der Waals surface area contributed by atoms with Gasteiger partial charge in [-0.3, -0.25) is 4.79 Å². The highest BCUT2D eigenvalue weighted by Crippen LogP contribution is 2.49. The van der Waals surface area contributed by atoms with Gasteiger partial charge >= 0.3 is 12.3 Å². The van der Waals surface area contributed by atoms with Crippen molar-refractivity contribution in [1.29, 1.82) is 0 Å². The van der Waals surface area contributed by atoms with E-state index in [4.69, 9.17) is 9.47 Å². The van der Waals surface area contributed by atoms with E-state index in [1.54, 1.807) is 0 Å². The van der Waals surface area contributed by atoms with E-state index in [2.05, 4.69) is 5.32 Å². The molecule has 2 saturated heterocycles. The molecule has 2 amide bonds. The number of nitrogens with zero attached hydrogens (tertiary/aromatic N) is 1. The van der Waals surface area contributed by atoms with E-state index >= 15 is 0 Å². The lowest BCUT2D eigenvalue weighted by Gasteiger charge is -2.46. The Bertz CT molecular complexity index is 866. The number of hydrogen-bond donors (Lipinski definition) is 1. The van der Waals surface area contributed by atoms with Gasteiger partial charge in [0.25, 0.3) is 0 Å². The number of amides is 2. The number of alkyl carbamates (subject to hydrolysis) is 1. The molecule has 5 aliphatic rings. The lowest BCUT2D eigenvalue weighted by Crippen LogP contribution is -2.59. The van der Waals surface area contributed by atoms with Crippen LogP contribution in [0.3, 0.4) is 0 Å². The van der Waals surface area contributed by atoms with Crippen LogP contribution in [0.4, 0.5) is 18.0 Å². The van der Waals surface area contributed by atoms with Crippen molar-refractivity contribution in [3.63, 3.8) is 0 Å². The highest BCUT2D eigenvalue weighted by atomic mass is 19.4. The van der Waals surface area contributed by atoms with Gasteiger partial charge in [-0.1, -0.05) is 0 Å². The first-order chi connectivity index (χ1) is 14.6. The first kappa shape index (κ1) is 20.7. The predicted molar refractivity (Wildman–Crippen MR) is 104 cm³/mol. The number of ether oxygens (including phenoxy) is 2. The van der Waals surface area contributed by atoms with E-state index in [1.807, 2.05) is 11.8 Å². The molecule has 3 aliphatic heterocycles. The highest BCUT2D eigenvalue weighted by Gasteiger charge is 2.54. The van der Waals surface area contributed by atoms with Gasteiger partial charge in [-0.2, -0.15) is 13.2 Å². The maximum absolute atomic E-state index is 13.1. The maximum atomic E-state index is 13.1. The number of carbonyl (C=O) groups excluding carboxylic acids is 2. The van der Waals surface area contributed by atoms with Crippen LogP contribution >= 0.6 is 0 Å². The largest absolute Gasteiger partial charge is 0.487 e. The molecule has 5 rings (SSSR count). The molecule has 3 fully saturated rings. The second-order valence-electron chi connectivity index (χ2n) is 9.91. The Morgan fingerprint density at radius 2 is 1.94 bits per heavy atom. The zero-order valence-electron chi connectivity index (χ0n) is 17.5. The summed E-state index contributed by atoms with van der Waals surface area (Å²) in [6, 6.07) is 0. The minimum absolute atomic E-state index is 0.0170. The van der Waals surface area contributed by atoms with Crippen molar-refractivity contribution in [2.75, 3.05) is 19.7 Å². The van der Waals surface area contributed by atoms with Crippen LogP contribution in [0.25, 0.3) is 0 Å². The molecule has 0 aromatic rings. The topological polar surface area (TPSA) is 67.9 Å². The van der Waals surface area contributed by atoms with Gasteiger partial charge in [-0.25, -0.2) is 4.79 Å². The number of hydrogen-bond acceptors (Lipinski definition) is 4. The zero-order valence-corrected chi connectivity index (χ0v) is 17.5. The summed E-state index contributed by atoms with van der Waals surface area (Å²) in [6.07, 6.45) is 0.317. The molecule has 6 nitrogen and oxygen atoms in total. The molecule has 0 radical (unpaired) electrons. The Morgan fingerprint density at radius 3 is 2.55 bits per heavy atom. The van der Waals surface area contributed by atoms with Gasteiger partial charge in [0, 0.05) is 36.9 Å². The third-order valence-corrected chi connectivity index (χ3v) is 7.76. The van der Waals surface area contributed by atoms with Gasteiger partial charge in [0.05, 0.1) is 5.54 Å². The average molecular weight is 440 g/mol. The first-order valence-corrected chi connectivity index (χ1v) is 11.0. The minimum atomic E-state index is -4.31. The lowest BCUT2D eigenvalue weighted by atomic mass is 9.68. The summed E-state index contributed by atoms with van der Waals surface area (Å²) in [6.45, 7) is 3.58. The normalized spacial score (nSPS) is 35.9. The van der Waals surface area contributed by atoms with Crippen molar-refractivity contribution in [3.8, 4) is 0 Å². The highest BCUT2D eigenvalue weighted by molar-refractivity contribution is 5.81. The first-order valence-electron chi connectivity index (χ1n) is 11.0. The van der Waals surface area contributed by atoms with Gasteiger partial charge in [-0.15, -0.1) is 0 Å². The Balaban J connectivity index is 1.15. The summed E-state index contributed by atoms with van der Waals surface area (Å²) in [5, 5.41) is 2.81. The zero-order chi connectivity index (χ0) is 22.0. The smallest absolute Gasteiger partial charge is 0.412 e. The summed E-state index contributed by atoms with van der Waals surface area (Å²) < 4.78 is 50.3. The number of nitrogens with one attached hydrogen (secondary N) is 1. The van der Waals surface area contributed by atoms with Crippen LogP contribution in [0.15, 0.2) is 23.0 Å². The molecular weight excluding hydrogens is 413 g/mol. The quantitative estimate of drug-likeness (QED) is 0.709. The number of alkyl halides is 3. The molecule has 0 aromatic heterocycles. The van der Waals surface area contributed by atoms with Gasteiger partial charge in [0.1, 0.15) is 18.0 Å². The Labute approximate surface area is 178 Å². The van der Waals surface area contributed by atoms with Crippen molar-refractivity contribution in [2.45, 2.75) is 69.2 Å². The molecule has 1 atom stereocenters. The Morgan fingerprint density at radius 1 is 1.23 bits per heavy atom. The summed E-state index contributed by atoms with van der Waals surface area (Å²) in [4.78, 5) is 26.0. The number of cyclic esters (lactones) is 1. The van der Waals surface area contributed by atoms with E-state index in [-0.39, 0.29) is 29.7 Å². The van der Waals surface area contributed by atoms with Crippen molar-refractivity contribution < 1.29 is 32.2 Å². The monoisotopic (exact) mass is 440 g/mol. The van der Waals surface area contributed by atoms with Crippen LogP contribution in [0, 0.1) is 11.8 Å². The molecule has 31 heavy (non-hydrogen) atoms. The molecule has 1 spiro atoms. The van der Waals surface area contributed by atoms with Crippen molar-refractivity contribution in [1.82, 2.24) is 10.2 Å². The van der Waals surface area contributed by atoms with E-state index in [0.29, 0.717) is 51.1 Å². The SMILES string of the molecule is CC1(C2CCN(C(=O)[C@H]3C[C@]4(COC(=O)N4)C3)CC2)CC2=C(C=C(C(F)(F)F)CC2)O1. The van der Waals surface area contributed by atoms with Gasteiger partial charge in [0.15, 0.2) is 0 Å². The number of halogens is 3. The third-order valence-electron chi connectivity index (χ3n) is 7.76. The van der Waals surface area contributed by atoms with Crippen LogP contribution in [0.2, 0.25) is 0 Å². The molecule has 1 unspecified atom stereocenters. The van der Waals surface area contributed by atoms with Gasteiger partial charge in [-0.05, 0) is 57.1 Å². The fourth-order valence-corrected chi connectivity index (χ4v) is 5.92. The molecule has 0 aromatic carbocycles. The van der Waals surface area contributed by atoms with E-state index in [1.165, 1.54) is 6.08 Å². The molecule has 9 heteroatoms. The van der Waals surface area contributed by atoms with E-state index in [9.17, 15) is 22.8 Å². The number of carbonyl (C=O) groups is 2. The van der Waals surface area contributed by atoms with E-state index in [0.717, 1.165) is 18.4 Å². The summed E-state index contributed by atoms with van der Waals surface area (Å²) in [7, 11) is 0. The van der Waals surface area contributed by atoms with Crippen molar-refractivity contribution >= 4 is 12.0 Å². The van der Waals surface area contributed by atoms with Crippen LogP contribution < -0.4 is 5.32 Å². The molecule has 3 heterocycles. The molecule has 0 bridgehead atoms. The van der Waals surface area contributed by atoms with Crippen LogP contribution in [0.1, 0.15) is 51.9 Å². The summed E-state index contributed by atoms with van der Waals surface area (Å²) in [5.74, 6) is 0.634. The fraction of sp³-hybridized carbons (Fsp3) is 0.727. The maximum Gasteiger partial charge on any atom is 0.412 e. The number of rotatable bonds is 2. The Hall–Kier alpha value is -2.19. The van der Waals surface area contributed by atoms with Crippen molar-refractivity contribution in [3.05, 3.63) is 23.0 Å². The average Bonchev–Trinajstić information content (AvgIpc) is 3.25. The second kappa shape index (κ2) is 6.90. The molecule has 1 N–H and O–H groups in total. The molecule has 170 valence electrons. The Kier molecular flexibility index (Phi) is 4.61. The van der Waals surface area contributed by atoms with Crippen molar-refractivity contribution in [2.24, 2.45) is 11.8 Å². The van der Waals surface area contributed by atoms with Crippen LogP contribution in [-0.2, 0) is 14.3 Å². The van der Waals surface area contributed by atoms with Gasteiger partial charge < -0.3 is 19.7 Å². The fourth-order valence-electron chi connectivity index (χ4n) is 5.92. The van der Waals surface area contributed by atoms with E-state index < -0.39 is 23.4 Å². The van der Waals surface area contributed by atoms with Gasteiger partial charge in [0.2, 0.25) is 5.91 Å². The summed E-state index contributed by atoms with van der Waals surface area (Å²) >= 11 is 0. The summed E-state index contributed by atoms with van der Waals surface area (Å²) in [5.41, 5.74) is -0.412. The number of piperidine rings is 1. The molecular formula is C22H27F3N2O4. The molecule has 2 aliphatic carbocycles. The molecule has 1 saturated carbocycles.